The van der Waals surface area contributed by atoms with Gasteiger partial charge in [-0.15, -0.1) is 0 Å². The summed E-state index contributed by atoms with van der Waals surface area (Å²) in [5, 5.41) is 21.4. The van der Waals surface area contributed by atoms with Gasteiger partial charge in [-0.1, -0.05) is 65.3 Å². The van der Waals surface area contributed by atoms with Crippen molar-refractivity contribution >= 4 is 5.97 Å². The lowest BCUT2D eigenvalue weighted by Crippen LogP contribution is -2.65. The van der Waals surface area contributed by atoms with E-state index in [2.05, 4.69) is 54.2 Å². The lowest BCUT2D eigenvalue weighted by Gasteiger charge is -2.71. The molecule has 0 aromatic carbocycles. The maximum Gasteiger partial charge on any atom is 0.310 e. The maximum atomic E-state index is 12.8. The molecule has 0 heterocycles. The van der Waals surface area contributed by atoms with Crippen LogP contribution in [0.1, 0.15) is 99.3 Å². The fourth-order valence-corrected chi connectivity index (χ4v) is 10.6. The van der Waals surface area contributed by atoms with Gasteiger partial charge in [0.1, 0.15) is 0 Å². The molecule has 0 amide bonds. The second-order valence-corrected chi connectivity index (χ2v) is 14.1. The second-order valence-electron chi connectivity index (χ2n) is 14.1. The monoisotopic (exact) mass is 454 g/mol. The zero-order valence-corrected chi connectivity index (χ0v) is 21.8. The van der Waals surface area contributed by atoms with Crippen LogP contribution in [0.5, 0.6) is 0 Å². The summed E-state index contributed by atoms with van der Waals surface area (Å²) in [5.74, 6) is 0.865. The summed E-state index contributed by atoms with van der Waals surface area (Å²) in [4.78, 5) is 12.8. The SMILES string of the molecule is C=C1CC[C@]2(C(=O)O)CC[C@]3(C)C(=CC[C@@H]4[C@@]5(C)CCC(O)C(C)(C)C5CC[C@]43C)[C@@H]2[C@H]1C. The van der Waals surface area contributed by atoms with Crippen LogP contribution in [0.4, 0.5) is 0 Å². The van der Waals surface area contributed by atoms with Crippen molar-refractivity contribution in [2.75, 3.05) is 0 Å². The highest BCUT2D eigenvalue weighted by atomic mass is 16.4. The van der Waals surface area contributed by atoms with E-state index in [-0.39, 0.29) is 39.6 Å². The molecule has 0 aromatic rings. The van der Waals surface area contributed by atoms with E-state index in [1.165, 1.54) is 24.0 Å². The Morgan fingerprint density at radius 2 is 1.70 bits per heavy atom. The molecule has 3 nitrogen and oxygen atoms in total. The second kappa shape index (κ2) is 6.99. The number of aliphatic hydroxyl groups is 1. The number of aliphatic hydroxyl groups excluding tert-OH is 1. The first kappa shape index (κ1) is 23.6. The summed E-state index contributed by atoms with van der Waals surface area (Å²) in [5.41, 5.74) is 2.48. The molecule has 0 aliphatic heterocycles. The van der Waals surface area contributed by atoms with E-state index in [0.29, 0.717) is 11.8 Å². The van der Waals surface area contributed by atoms with Gasteiger partial charge in [-0.25, -0.2) is 0 Å². The Labute approximate surface area is 201 Å². The van der Waals surface area contributed by atoms with Gasteiger partial charge >= 0.3 is 5.97 Å². The maximum absolute atomic E-state index is 12.8. The van der Waals surface area contributed by atoms with Crippen molar-refractivity contribution in [1.29, 1.82) is 0 Å². The van der Waals surface area contributed by atoms with E-state index < -0.39 is 11.4 Å². The van der Waals surface area contributed by atoms with Crippen LogP contribution in [0.15, 0.2) is 23.8 Å². The van der Waals surface area contributed by atoms with Crippen LogP contribution in [-0.2, 0) is 4.79 Å². The molecule has 2 unspecified atom stereocenters. The van der Waals surface area contributed by atoms with E-state index >= 15 is 0 Å². The molecule has 4 fully saturated rings. The lowest BCUT2D eigenvalue weighted by atomic mass is 9.33. The molecule has 33 heavy (non-hydrogen) atoms. The standard InChI is InChI=1S/C30H46O3/c1-18-10-15-30(25(32)33)17-16-28(6)20(24(30)19(18)2)8-9-22-27(5)13-12-23(31)26(3,4)21(27)11-14-29(22,28)7/h8,19,21-24,31H,1,9-17H2,2-7H3,(H,32,33)/t19-,21?,22+,23?,24-,27-,28+,29+,30-/m0/s1. The number of hydrogen-bond donors (Lipinski definition) is 2. The Morgan fingerprint density at radius 1 is 1.00 bits per heavy atom. The first-order chi connectivity index (χ1) is 15.3. The minimum atomic E-state index is -0.618. The molecule has 184 valence electrons. The number of aliphatic carboxylic acids is 1. The minimum absolute atomic E-state index is 0.0413. The van der Waals surface area contributed by atoms with E-state index in [9.17, 15) is 15.0 Å². The molecule has 2 N–H and O–H groups in total. The van der Waals surface area contributed by atoms with Gasteiger partial charge in [-0.05, 0) is 97.2 Å². The topological polar surface area (TPSA) is 57.5 Å². The molecule has 0 radical (unpaired) electrons. The smallest absolute Gasteiger partial charge is 0.310 e. The van der Waals surface area contributed by atoms with Crippen LogP contribution in [0.25, 0.3) is 0 Å². The molecule has 9 atom stereocenters. The average molecular weight is 455 g/mol. The highest BCUT2D eigenvalue weighted by Crippen LogP contribution is 2.75. The van der Waals surface area contributed by atoms with Crippen LogP contribution >= 0.6 is 0 Å². The Kier molecular flexibility index (Phi) is 5.01. The van der Waals surface area contributed by atoms with Gasteiger partial charge in [-0.3, -0.25) is 4.79 Å². The summed E-state index contributed by atoms with van der Waals surface area (Å²) in [6.07, 6.45) is 11.1. The van der Waals surface area contributed by atoms with Crippen molar-refractivity contribution in [3.05, 3.63) is 23.8 Å². The first-order valence-corrected chi connectivity index (χ1v) is 13.6. The van der Waals surface area contributed by atoms with Gasteiger partial charge in [0, 0.05) is 5.92 Å². The van der Waals surface area contributed by atoms with Gasteiger partial charge in [-0.2, -0.15) is 0 Å². The number of carboxylic acids is 1. The lowest BCUT2D eigenvalue weighted by molar-refractivity contribution is -0.204. The third-order valence-corrected chi connectivity index (χ3v) is 13.0. The van der Waals surface area contributed by atoms with E-state index in [0.717, 1.165) is 44.9 Å². The van der Waals surface area contributed by atoms with Crippen LogP contribution in [-0.4, -0.2) is 22.3 Å². The molecule has 0 bridgehead atoms. The number of hydrogen-bond acceptors (Lipinski definition) is 2. The Morgan fingerprint density at radius 3 is 2.36 bits per heavy atom. The number of fused-ring (bicyclic) bond motifs is 7. The third-order valence-electron chi connectivity index (χ3n) is 13.0. The number of carboxylic acid groups (broad SMARTS) is 1. The molecule has 5 aliphatic rings. The van der Waals surface area contributed by atoms with Crippen LogP contribution in [0.3, 0.4) is 0 Å². The highest BCUT2D eigenvalue weighted by molar-refractivity contribution is 5.77. The van der Waals surface area contributed by atoms with Crippen LogP contribution in [0, 0.1) is 50.7 Å². The fourth-order valence-electron chi connectivity index (χ4n) is 10.6. The van der Waals surface area contributed by atoms with E-state index in [1.54, 1.807) is 0 Å². The minimum Gasteiger partial charge on any atom is -0.481 e. The molecular formula is C30H46O3. The molecule has 3 heteroatoms. The van der Waals surface area contributed by atoms with Gasteiger partial charge in [0.25, 0.3) is 0 Å². The summed E-state index contributed by atoms with van der Waals surface area (Å²) in [6.45, 7) is 18.8. The Bertz CT molecular complexity index is 916. The summed E-state index contributed by atoms with van der Waals surface area (Å²) in [6, 6.07) is 0. The van der Waals surface area contributed by atoms with Crippen molar-refractivity contribution < 1.29 is 15.0 Å². The van der Waals surface area contributed by atoms with Crippen LogP contribution in [0.2, 0.25) is 0 Å². The predicted octanol–water partition coefficient (Wildman–Crippen LogP) is 7.01. The first-order valence-electron chi connectivity index (χ1n) is 13.6. The molecule has 0 spiro atoms. The predicted molar refractivity (Wildman–Crippen MR) is 133 cm³/mol. The van der Waals surface area contributed by atoms with Gasteiger partial charge in [0.2, 0.25) is 0 Å². The molecule has 0 aromatic heterocycles. The summed E-state index contributed by atoms with van der Waals surface area (Å²) in [7, 11) is 0. The zero-order valence-electron chi connectivity index (χ0n) is 21.8. The van der Waals surface area contributed by atoms with E-state index in [4.69, 9.17) is 0 Å². The zero-order chi connectivity index (χ0) is 24.2. The number of carbonyl (C=O) groups is 1. The van der Waals surface area contributed by atoms with E-state index in [1.807, 2.05) is 0 Å². The van der Waals surface area contributed by atoms with Gasteiger partial charge in [0.05, 0.1) is 11.5 Å². The van der Waals surface area contributed by atoms with Crippen molar-refractivity contribution in [3.63, 3.8) is 0 Å². The number of rotatable bonds is 1. The third kappa shape index (κ3) is 2.69. The summed E-state index contributed by atoms with van der Waals surface area (Å²) >= 11 is 0. The average Bonchev–Trinajstić information content (AvgIpc) is 2.74. The largest absolute Gasteiger partial charge is 0.481 e. The van der Waals surface area contributed by atoms with Gasteiger partial charge < -0.3 is 10.2 Å². The summed E-state index contributed by atoms with van der Waals surface area (Å²) < 4.78 is 0. The Balaban J connectivity index is 1.62. The molecule has 0 saturated heterocycles. The van der Waals surface area contributed by atoms with Crippen molar-refractivity contribution in [2.24, 2.45) is 50.7 Å². The molecular weight excluding hydrogens is 408 g/mol. The van der Waals surface area contributed by atoms with Crippen molar-refractivity contribution in [3.8, 4) is 0 Å². The fraction of sp³-hybridized carbons (Fsp3) is 0.833. The van der Waals surface area contributed by atoms with Crippen molar-refractivity contribution in [2.45, 2.75) is 105 Å². The van der Waals surface area contributed by atoms with Crippen molar-refractivity contribution in [1.82, 2.24) is 0 Å². The number of allylic oxidation sites excluding steroid dienone is 3. The normalized spacial score (nSPS) is 53.1. The van der Waals surface area contributed by atoms with Gasteiger partial charge in [0.15, 0.2) is 0 Å². The highest BCUT2D eigenvalue weighted by Gasteiger charge is 2.69. The quantitative estimate of drug-likeness (QED) is 0.419. The van der Waals surface area contributed by atoms with Crippen LogP contribution < -0.4 is 0 Å². The Hall–Kier alpha value is -1.09. The molecule has 4 saturated carbocycles. The molecule has 5 rings (SSSR count). The molecule has 5 aliphatic carbocycles.